The highest BCUT2D eigenvalue weighted by atomic mass is 35.5. The van der Waals surface area contributed by atoms with Gasteiger partial charge in [0, 0.05) is 22.7 Å². The number of likely N-dealkylation sites (tertiary alicyclic amines) is 1. The summed E-state index contributed by atoms with van der Waals surface area (Å²) in [6.07, 6.45) is 1.38. The van der Waals surface area contributed by atoms with Crippen LogP contribution in [-0.2, 0) is 11.3 Å². The normalized spacial score (nSPS) is 18.3. The highest BCUT2D eigenvalue weighted by Gasteiger charge is 2.43. The van der Waals surface area contributed by atoms with Crippen molar-refractivity contribution in [1.82, 2.24) is 4.90 Å². The van der Waals surface area contributed by atoms with Crippen molar-refractivity contribution in [3.8, 4) is 0 Å². The molecule has 1 amide bonds. The van der Waals surface area contributed by atoms with E-state index in [0.717, 1.165) is 18.6 Å². The Bertz CT molecular complexity index is 1200. The second-order valence-electron chi connectivity index (χ2n) is 8.39. The zero-order valence-corrected chi connectivity index (χ0v) is 18.8. The molecule has 0 aliphatic carbocycles. The fraction of sp³-hybridized carbons (Fsp3) is 0.231. The van der Waals surface area contributed by atoms with E-state index in [1.165, 1.54) is 6.07 Å². The van der Waals surface area contributed by atoms with Crippen LogP contribution in [0.5, 0.6) is 0 Å². The maximum absolute atomic E-state index is 13.7. The van der Waals surface area contributed by atoms with Crippen LogP contribution in [0.1, 0.15) is 41.3 Å². The molecular formula is C26H23ClF2N2O2. The first-order chi connectivity index (χ1) is 15.8. The summed E-state index contributed by atoms with van der Waals surface area (Å²) in [5, 5.41) is 3.30. The molecule has 7 heteroatoms. The van der Waals surface area contributed by atoms with Crippen molar-refractivity contribution in [1.29, 1.82) is 0 Å². The number of carbonyl (C=O) groups is 2. The van der Waals surface area contributed by atoms with Crippen molar-refractivity contribution in [2.24, 2.45) is 0 Å². The number of amides is 1. The monoisotopic (exact) mass is 468 g/mol. The summed E-state index contributed by atoms with van der Waals surface area (Å²) in [7, 11) is 0. The molecular weight excluding hydrogens is 446 g/mol. The van der Waals surface area contributed by atoms with Crippen molar-refractivity contribution in [2.45, 2.75) is 31.8 Å². The van der Waals surface area contributed by atoms with Crippen molar-refractivity contribution in [3.63, 3.8) is 0 Å². The summed E-state index contributed by atoms with van der Waals surface area (Å²) in [4.78, 5) is 28.5. The molecule has 0 radical (unpaired) electrons. The molecule has 1 aliphatic heterocycles. The first-order valence-electron chi connectivity index (χ1n) is 10.7. The van der Waals surface area contributed by atoms with Gasteiger partial charge in [-0.3, -0.25) is 14.5 Å². The van der Waals surface area contributed by atoms with Gasteiger partial charge in [-0.05, 0) is 62.2 Å². The second-order valence-corrected chi connectivity index (χ2v) is 8.82. The molecule has 0 aromatic heterocycles. The van der Waals surface area contributed by atoms with Crippen LogP contribution < -0.4 is 5.32 Å². The molecule has 0 bridgehead atoms. The Morgan fingerprint density at radius 3 is 2.52 bits per heavy atom. The average Bonchev–Trinajstić information content (AvgIpc) is 3.19. The van der Waals surface area contributed by atoms with E-state index < -0.39 is 17.2 Å². The number of benzene rings is 3. The molecule has 33 heavy (non-hydrogen) atoms. The van der Waals surface area contributed by atoms with E-state index in [-0.39, 0.29) is 11.7 Å². The molecule has 1 heterocycles. The number of nitrogens with one attached hydrogen (secondary N) is 1. The summed E-state index contributed by atoms with van der Waals surface area (Å²) in [6.45, 7) is 2.76. The topological polar surface area (TPSA) is 49.4 Å². The van der Waals surface area contributed by atoms with Gasteiger partial charge in [-0.25, -0.2) is 8.78 Å². The lowest BCUT2D eigenvalue weighted by Gasteiger charge is -2.34. The molecule has 1 atom stereocenters. The minimum absolute atomic E-state index is 0.247. The van der Waals surface area contributed by atoms with Crippen molar-refractivity contribution in [2.75, 3.05) is 11.9 Å². The van der Waals surface area contributed by atoms with E-state index in [4.69, 9.17) is 11.6 Å². The Hall–Kier alpha value is -3.09. The van der Waals surface area contributed by atoms with Crippen LogP contribution >= 0.6 is 11.6 Å². The first-order valence-corrected chi connectivity index (χ1v) is 11.1. The van der Waals surface area contributed by atoms with E-state index >= 15 is 0 Å². The van der Waals surface area contributed by atoms with Gasteiger partial charge in [0.05, 0.1) is 11.2 Å². The molecule has 1 saturated heterocycles. The smallest absolute Gasteiger partial charge is 0.244 e. The van der Waals surface area contributed by atoms with Crippen molar-refractivity contribution >= 4 is 29.0 Å². The zero-order chi connectivity index (χ0) is 23.6. The number of ketones is 1. The lowest BCUT2D eigenvalue weighted by molar-refractivity contribution is -0.125. The summed E-state index contributed by atoms with van der Waals surface area (Å²) in [5.41, 5.74) is 0.871. The standard InChI is InChI=1S/C26H23ClF2N2O2/c1-26(12-5-13-31(26)16-17-8-10-21(28)22(29)14-17)25(33)30-23-11-9-19(27)15-20(23)24(32)18-6-3-2-4-7-18/h2-4,6-11,14-15H,5,12-13,16H2,1H3,(H,30,33)/t26-/m1/s1. The Labute approximate surface area is 196 Å². The van der Waals surface area contributed by atoms with Gasteiger partial charge in [-0.2, -0.15) is 0 Å². The molecule has 4 rings (SSSR count). The lowest BCUT2D eigenvalue weighted by Crippen LogP contribution is -2.50. The van der Waals surface area contributed by atoms with Crippen LogP contribution in [0.15, 0.2) is 66.7 Å². The van der Waals surface area contributed by atoms with Crippen LogP contribution in [0.2, 0.25) is 5.02 Å². The maximum Gasteiger partial charge on any atom is 0.244 e. The average molecular weight is 469 g/mol. The van der Waals surface area contributed by atoms with E-state index in [0.29, 0.717) is 46.9 Å². The highest BCUT2D eigenvalue weighted by Crippen LogP contribution is 2.33. The molecule has 1 fully saturated rings. The molecule has 1 N–H and O–H groups in total. The molecule has 3 aromatic rings. The molecule has 0 unspecified atom stereocenters. The number of hydrogen-bond acceptors (Lipinski definition) is 3. The van der Waals surface area contributed by atoms with Gasteiger partial charge in [0.1, 0.15) is 0 Å². The fourth-order valence-electron chi connectivity index (χ4n) is 4.20. The van der Waals surface area contributed by atoms with Gasteiger partial charge in [0.2, 0.25) is 5.91 Å². The Morgan fingerprint density at radius 1 is 1.03 bits per heavy atom. The fourth-order valence-corrected chi connectivity index (χ4v) is 4.38. The Kier molecular flexibility index (Phi) is 6.58. The highest BCUT2D eigenvalue weighted by molar-refractivity contribution is 6.31. The van der Waals surface area contributed by atoms with Crippen LogP contribution in [0.3, 0.4) is 0 Å². The van der Waals surface area contributed by atoms with Crippen LogP contribution in [-0.4, -0.2) is 28.7 Å². The van der Waals surface area contributed by atoms with Crippen molar-refractivity contribution in [3.05, 3.63) is 100 Å². The van der Waals surface area contributed by atoms with Crippen LogP contribution in [0.4, 0.5) is 14.5 Å². The summed E-state index contributed by atoms with van der Waals surface area (Å²) in [6, 6.07) is 17.3. The first kappa shape index (κ1) is 23.1. The number of anilines is 1. The van der Waals surface area contributed by atoms with Gasteiger partial charge in [0.25, 0.3) is 0 Å². The van der Waals surface area contributed by atoms with E-state index in [9.17, 15) is 18.4 Å². The summed E-state index contributed by atoms with van der Waals surface area (Å²) >= 11 is 6.15. The van der Waals surface area contributed by atoms with Gasteiger partial charge in [-0.1, -0.05) is 48.0 Å². The Morgan fingerprint density at radius 2 is 1.79 bits per heavy atom. The quantitative estimate of drug-likeness (QED) is 0.462. The Balaban J connectivity index is 1.58. The zero-order valence-electron chi connectivity index (χ0n) is 18.1. The lowest BCUT2D eigenvalue weighted by atomic mass is 9.96. The largest absolute Gasteiger partial charge is 0.324 e. The van der Waals surface area contributed by atoms with Crippen molar-refractivity contribution < 1.29 is 18.4 Å². The second kappa shape index (κ2) is 9.41. The molecule has 4 nitrogen and oxygen atoms in total. The number of halogens is 3. The predicted octanol–water partition coefficient (Wildman–Crippen LogP) is 5.84. The van der Waals surface area contributed by atoms with Gasteiger partial charge in [0.15, 0.2) is 17.4 Å². The molecule has 1 aliphatic rings. The van der Waals surface area contributed by atoms with E-state index in [2.05, 4.69) is 5.32 Å². The van der Waals surface area contributed by atoms with E-state index in [1.54, 1.807) is 42.5 Å². The summed E-state index contributed by atoms with van der Waals surface area (Å²) < 4.78 is 27.0. The molecule has 0 spiro atoms. The van der Waals surface area contributed by atoms with Crippen LogP contribution in [0.25, 0.3) is 0 Å². The third-order valence-corrected chi connectivity index (χ3v) is 6.38. The third kappa shape index (κ3) is 4.82. The number of hydrogen-bond donors (Lipinski definition) is 1. The van der Waals surface area contributed by atoms with Gasteiger partial charge >= 0.3 is 0 Å². The number of rotatable bonds is 6. The van der Waals surface area contributed by atoms with Crippen LogP contribution in [0, 0.1) is 11.6 Å². The van der Waals surface area contributed by atoms with E-state index in [1.807, 2.05) is 17.9 Å². The molecule has 3 aromatic carbocycles. The van der Waals surface area contributed by atoms with Gasteiger partial charge in [-0.15, -0.1) is 0 Å². The SMILES string of the molecule is C[C@]1(C(=O)Nc2ccc(Cl)cc2C(=O)c2ccccc2)CCCN1Cc1ccc(F)c(F)c1. The minimum atomic E-state index is -0.914. The van der Waals surface area contributed by atoms with Gasteiger partial charge < -0.3 is 5.32 Å². The minimum Gasteiger partial charge on any atom is -0.324 e. The number of nitrogens with zero attached hydrogens (tertiary/aromatic N) is 1. The maximum atomic E-state index is 13.7. The third-order valence-electron chi connectivity index (χ3n) is 6.15. The predicted molar refractivity (Wildman–Crippen MR) is 124 cm³/mol. The molecule has 170 valence electrons. The number of carbonyl (C=O) groups excluding carboxylic acids is 2. The molecule has 0 saturated carbocycles. The summed E-state index contributed by atoms with van der Waals surface area (Å²) in [5.74, 6) is -2.34.